The van der Waals surface area contributed by atoms with E-state index in [1.165, 1.54) is 24.3 Å². The molecule has 1 aliphatic heterocycles. The van der Waals surface area contributed by atoms with Crippen LogP contribution < -0.4 is 10.1 Å². The Morgan fingerprint density at radius 3 is 2.29 bits per heavy atom. The second-order valence-electron chi connectivity index (χ2n) is 9.35. The summed E-state index contributed by atoms with van der Waals surface area (Å²) in [7, 11) is -3.37. The van der Waals surface area contributed by atoms with Crippen molar-refractivity contribution in [1.82, 2.24) is 10.2 Å². The molecule has 3 rings (SSSR count). The number of rotatable bonds is 7. The molecule has 0 aromatic heterocycles. The van der Waals surface area contributed by atoms with Gasteiger partial charge in [-0.3, -0.25) is 10.7 Å². The number of benzene rings is 2. The first-order chi connectivity index (χ1) is 16.4. The molecule has 2 atom stereocenters. The number of nitrogens with zero attached hydrogens (tertiary/aromatic N) is 1. The second kappa shape index (κ2) is 10.7. The van der Waals surface area contributed by atoms with Crippen LogP contribution in [0, 0.1) is 34.8 Å². The van der Waals surface area contributed by atoms with Gasteiger partial charge in [0, 0.05) is 25.3 Å². The number of amidine groups is 1. The van der Waals surface area contributed by atoms with Gasteiger partial charge in [-0.2, -0.15) is 0 Å². The molecule has 2 amide bonds. The minimum absolute atomic E-state index is 0.0561. The Labute approximate surface area is 204 Å². The van der Waals surface area contributed by atoms with Gasteiger partial charge in [-0.25, -0.2) is 22.0 Å². The van der Waals surface area contributed by atoms with Gasteiger partial charge in [-0.05, 0) is 53.6 Å². The van der Waals surface area contributed by atoms with E-state index in [4.69, 9.17) is 10.1 Å². The van der Waals surface area contributed by atoms with Crippen LogP contribution in [0.1, 0.15) is 27.2 Å². The number of carbonyl (C=O) groups excluding carboxylic acids is 1. The third kappa shape index (κ3) is 6.56. The van der Waals surface area contributed by atoms with Crippen molar-refractivity contribution < 1.29 is 26.7 Å². The number of sulfone groups is 1. The van der Waals surface area contributed by atoms with Crippen LogP contribution in [0.15, 0.2) is 41.3 Å². The average Bonchev–Trinajstić information content (AvgIpc) is 3.28. The monoisotopic (exact) mass is 507 g/mol. The molecule has 0 aliphatic carbocycles. The first-order valence-corrected chi connectivity index (χ1v) is 13.3. The molecule has 1 unspecified atom stereocenters. The van der Waals surface area contributed by atoms with Crippen molar-refractivity contribution in [3.8, 4) is 16.9 Å². The summed E-state index contributed by atoms with van der Waals surface area (Å²) in [4.78, 5) is 14.1. The van der Waals surface area contributed by atoms with Gasteiger partial charge in [0.25, 0.3) is 0 Å². The molecular weight excluding hydrogens is 476 g/mol. The summed E-state index contributed by atoms with van der Waals surface area (Å²) in [6.45, 7) is 6.67. The third-order valence-corrected chi connectivity index (χ3v) is 7.37. The Bertz CT molecular complexity index is 1180. The Hall–Kier alpha value is -3.01. The van der Waals surface area contributed by atoms with Crippen LogP contribution in [0.2, 0.25) is 0 Å². The van der Waals surface area contributed by atoms with Gasteiger partial charge in [0.1, 0.15) is 5.84 Å². The van der Waals surface area contributed by atoms with Gasteiger partial charge in [0.05, 0.1) is 11.5 Å². The van der Waals surface area contributed by atoms with Crippen LogP contribution in [0.25, 0.3) is 11.1 Å². The lowest BCUT2D eigenvalue weighted by Gasteiger charge is -2.22. The van der Waals surface area contributed by atoms with E-state index >= 15 is 0 Å². The maximum atomic E-state index is 14.7. The Kier molecular flexibility index (Phi) is 8.15. The van der Waals surface area contributed by atoms with Crippen molar-refractivity contribution in [2.45, 2.75) is 32.1 Å². The number of ether oxygens (including phenoxy) is 1. The van der Waals surface area contributed by atoms with Crippen molar-refractivity contribution in [3.05, 3.63) is 48.0 Å². The zero-order valence-corrected chi connectivity index (χ0v) is 21.1. The number of halogens is 2. The highest BCUT2D eigenvalue weighted by Crippen LogP contribution is 2.31. The molecule has 1 heterocycles. The number of nitrogens with one attached hydrogen (secondary N) is 2. The molecule has 1 saturated heterocycles. The smallest absolute Gasteiger partial charge is 0.322 e. The van der Waals surface area contributed by atoms with Gasteiger partial charge in [-0.15, -0.1) is 0 Å². The topological polar surface area (TPSA) is 99.6 Å². The second-order valence-corrected chi connectivity index (χ2v) is 11.4. The predicted octanol–water partition coefficient (Wildman–Crippen LogP) is 4.71. The van der Waals surface area contributed by atoms with Gasteiger partial charge in [-0.1, -0.05) is 32.9 Å². The van der Waals surface area contributed by atoms with Crippen molar-refractivity contribution in [2.75, 3.05) is 26.0 Å². The fourth-order valence-electron chi connectivity index (χ4n) is 3.88. The molecule has 1 aliphatic rings. The molecule has 2 aromatic rings. The fraction of sp³-hybridized carbons (Fsp3) is 0.440. The van der Waals surface area contributed by atoms with Crippen LogP contribution in [0.3, 0.4) is 0 Å². The van der Waals surface area contributed by atoms with Crippen molar-refractivity contribution >= 4 is 21.7 Å². The Balaban J connectivity index is 1.61. The average molecular weight is 508 g/mol. The molecule has 10 heteroatoms. The summed E-state index contributed by atoms with van der Waals surface area (Å²) in [5.74, 6) is -2.03. The van der Waals surface area contributed by atoms with Gasteiger partial charge in [0.15, 0.2) is 27.2 Å². The lowest BCUT2D eigenvalue weighted by Crippen LogP contribution is -2.43. The number of likely N-dealkylation sites (tertiary alicyclic amines) is 1. The van der Waals surface area contributed by atoms with E-state index in [2.05, 4.69) is 5.32 Å². The summed E-state index contributed by atoms with van der Waals surface area (Å²) in [6, 6.07) is 7.78. The number of hydrogen-bond donors (Lipinski definition) is 2. The van der Waals surface area contributed by atoms with Crippen LogP contribution in [-0.2, 0) is 9.84 Å². The molecule has 1 fully saturated rings. The molecule has 2 N–H and O–H groups in total. The molecule has 0 radical (unpaired) electrons. The number of urea groups is 1. The summed E-state index contributed by atoms with van der Waals surface area (Å²) < 4.78 is 58.1. The Morgan fingerprint density at radius 1 is 1.14 bits per heavy atom. The molecule has 0 spiro atoms. The van der Waals surface area contributed by atoms with E-state index in [0.29, 0.717) is 18.7 Å². The van der Waals surface area contributed by atoms with Crippen LogP contribution in [0.5, 0.6) is 5.75 Å². The highest BCUT2D eigenvalue weighted by molar-refractivity contribution is 7.90. The van der Waals surface area contributed by atoms with Gasteiger partial charge < -0.3 is 9.64 Å². The predicted molar refractivity (Wildman–Crippen MR) is 130 cm³/mol. The zero-order chi connectivity index (χ0) is 25.9. The molecule has 35 heavy (non-hydrogen) atoms. The quantitative estimate of drug-likeness (QED) is 0.419. The van der Waals surface area contributed by atoms with E-state index < -0.39 is 27.2 Å². The van der Waals surface area contributed by atoms with Crippen LogP contribution in [0.4, 0.5) is 13.6 Å². The normalized spacial score (nSPS) is 16.9. The Morgan fingerprint density at radius 2 is 1.74 bits per heavy atom. The van der Waals surface area contributed by atoms with Crippen molar-refractivity contribution in [2.24, 2.45) is 17.8 Å². The molecular formula is C25H31F2N3O4S. The summed E-state index contributed by atoms with van der Waals surface area (Å²) >= 11 is 0. The number of carbonyl (C=O) groups is 1. The van der Waals surface area contributed by atoms with Gasteiger partial charge in [0.2, 0.25) is 0 Å². The van der Waals surface area contributed by atoms with E-state index in [0.717, 1.165) is 24.8 Å². The molecule has 190 valence electrons. The lowest BCUT2D eigenvalue weighted by molar-refractivity contribution is 0.187. The largest absolute Gasteiger partial charge is 0.487 e. The fourth-order valence-corrected chi connectivity index (χ4v) is 4.52. The standard InChI is InChI=1S/C25H31F2N3O4S/c1-15(2)24(28)29-25(31)30-10-9-18(13-30)16(3)14-34-23-21(26)11-19(12-22(23)27)17-5-7-20(8-6-17)35(4,32)33/h5-8,11-12,15-16,18H,9-10,13-14H2,1-4H3,(H2,28,29,31)/t16-,18?/m0/s1. The minimum Gasteiger partial charge on any atom is -0.487 e. The number of amides is 2. The van der Waals surface area contributed by atoms with E-state index in [1.807, 2.05) is 20.8 Å². The molecule has 0 bridgehead atoms. The first kappa shape index (κ1) is 26.6. The zero-order valence-electron chi connectivity index (χ0n) is 20.3. The summed E-state index contributed by atoms with van der Waals surface area (Å²) in [6.07, 6.45) is 1.82. The highest BCUT2D eigenvalue weighted by Gasteiger charge is 2.31. The maximum absolute atomic E-state index is 14.7. The van der Waals surface area contributed by atoms with Crippen LogP contribution in [-0.4, -0.2) is 51.1 Å². The number of hydrogen-bond acceptors (Lipinski definition) is 5. The minimum atomic E-state index is -3.37. The summed E-state index contributed by atoms with van der Waals surface area (Å²) in [5, 5.41) is 10.4. The maximum Gasteiger partial charge on any atom is 0.322 e. The van der Waals surface area contributed by atoms with E-state index in [9.17, 15) is 22.0 Å². The summed E-state index contributed by atoms with van der Waals surface area (Å²) in [5.41, 5.74) is 0.745. The van der Waals surface area contributed by atoms with Crippen molar-refractivity contribution in [1.29, 1.82) is 5.41 Å². The van der Waals surface area contributed by atoms with E-state index in [1.54, 1.807) is 4.90 Å². The SMILES string of the molecule is CC(C)C(=N)NC(=O)N1CCC([C@@H](C)COc2c(F)cc(-c3ccc(S(C)(=O)=O)cc3)cc2F)C1. The molecule has 2 aromatic carbocycles. The van der Waals surface area contributed by atoms with Crippen LogP contribution >= 0.6 is 0 Å². The molecule has 7 nitrogen and oxygen atoms in total. The lowest BCUT2D eigenvalue weighted by atomic mass is 9.94. The first-order valence-electron chi connectivity index (χ1n) is 11.4. The third-order valence-electron chi connectivity index (χ3n) is 6.24. The molecule has 0 saturated carbocycles. The highest BCUT2D eigenvalue weighted by atomic mass is 32.2. The van der Waals surface area contributed by atoms with E-state index in [-0.39, 0.29) is 46.7 Å². The van der Waals surface area contributed by atoms with Crippen molar-refractivity contribution in [3.63, 3.8) is 0 Å². The van der Waals surface area contributed by atoms with Gasteiger partial charge >= 0.3 is 6.03 Å².